The van der Waals surface area contributed by atoms with Crippen LogP contribution in [0.25, 0.3) is 5.76 Å². The van der Waals surface area contributed by atoms with Gasteiger partial charge in [-0.3, -0.25) is 4.79 Å². The molecule has 0 aliphatic carbocycles. The van der Waals surface area contributed by atoms with Gasteiger partial charge in [0.05, 0.1) is 13.2 Å². The van der Waals surface area contributed by atoms with Crippen molar-refractivity contribution in [3.05, 3.63) is 124 Å². The fourth-order valence-electron chi connectivity index (χ4n) is 4.81. The van der Waals surface area contributed by atoms with Crippen molar-refractivity contribution in [1.29, 1.82) is 0 Å². The fourth-order valence-corrected chi connectivity index (χ4v) is 4.81. The van der Waals surface area contributed by atoms with Crippen molar-refractivity contribution in [3.8, 4) is 35.2 Å². The molecule has 8 bridgehead atoms. The van der Waals surface area contributed by atoms with Gasteiger partial charge in [0.1, 0.15) is 40.0 Å². The molecule has 256 valence electrons. The smallest absolute Gasteiger partial charge is 0.503 e. The van der Waals surface area contributed by atoms with E-state index in [9.17, 15) is 31.0 Å². The molecule has 0 fully saturated rings. The highest BCUT2D eigenvalue weighted by Crippen LogP contribution is 2.26. The van der Waals surface area contributed by atoms with E-state index in [-0.39, 0.29) is 6.08 Å². The van der Waals surface area contributed by atoms with Gasteiger partial charge in [0.2, 0.25) is 5.78 Å². The van der Waals surface area contributed by atoms with Gasteiger partial charge in [0.15, 0.2) is 23.3 Å². The van der Waals surface area contributed by atoms with E-state index in [0.29, 0.717) is 35.8 Å². The van der Waals surface area contributed by atoms with Crippen molar-refractivity contribution in [3.63, 3.8) is 0 Å². The van der Waals surface area contributed by atoms with Crippen LogP contribution in [-0.2, 0) is 4.65 Å². The van der Waals surface area contributed by atoms with Crippen LogP contribution in [0.2, 0.25) is 0 Å². The monoisotopic (exact) mass is 690 g/mol. The molecule has 5 rings (SSSR count). The van der Waals surface area contributed by atoms with Gasteiger partial charge in [-0.1, -0.05) is 36.1 Å². The van der Waals surface area contributed by atoms with Crippen molar-refractivity contribution in [2.75, 3.05) is 13.2 Å². The quantitative estimate of drug-likeness (QED) is 0.0958. The summed E-state index contributed by atoms with van der Waals surface area (Å²) in [7, 11) is -3.60. The Bertz CT molecular complexity index is 2030. The Morgan fingerprint density at radius 1 is 0.660 bits per heavy atom. The van der Waals surface area contributed by atoms with E-state index in [2.05, 4.69) is 50.5 Å². The number of ether oxygens (including phenoxy) is 2. The maximum absolute atomic E-state index is 15.0. The molecule has 0 atom stereocenters. The summed E-state index contributed by atoms with van der Waals surface area (Å²) in [5.41, 5.74) is -2.50. The summed E-state index contributed by atoms with van der Waals surface area (Å²) in [6, 6.07) is 13.2. The van der Waals surface area contributed by atoms with Gasteiger partial charge in [0.25, 0.3) is 0 Å². The Labute approximate surface area is 284 Å². The minimum atomic E-state index is -3.60. The zero-order valence-corrected chi connectivity index (χ0v) is 26.5. The van der Waals surface area contributed by atoms with E-state index in [1.54, 1.807) is 48.5 Å². The molecule has 0 amide bonds. The highest BCUT2D eigenvalue weighted by molar-refractivity contribution is 6.36. The first-order valence-corrected chi connectivity index (χ1v) is 15.7. The zero-order valence-electron chi connectivity index (χ0n) is 26.5. The van der Waals surface area contributed by atoms with Crippen LogP contribution < -0.4 is 9.47 Å². The lowest BCUT2D eigenvalue weighted by Crippen LogP contribution is -2.08. The number of hydrogen-bond donors (Lipinski definition) is 2. The number of benzene rings is 2. The number of halogens is 6. The van der Waals surface area contributed by atoms with Crippen LogP contribution in [-0.4, -0.2) is 36.4 Å². The van der Waals surface area contributed by atoms with E-state index >= 15 is 0 Å². The van der Waals surface area contributed by atoms with Gasteiger partial charge >= 0.3 is 7.47 Å². The zero-order chi connectivity index (χ0) is 35.5. The normalized spacial score (nSPS) is 16.0. The minimum Gasteiger partial charge on any atom is -0.503 e. The molecule has 0 saturated heterocycles. The molecule has 0 radical (unpaired) electrons. The number of aromatic nitrogens is 2. The predicted molar refractivity (Wildman–Crippen MR) is 175 cm³/mol. The summed E-state index contributed by atoms with van der Waals surface area (Å²) in [4.78, 5) is 17.3. The van der Waals surface area contributed by atoms with Gasteiger partial charge in [-0.05, 0) is 86.8 Å². The lowest BCUT2D eigenvalue weighted by molar-refractivity contribution is 0.103. The Morgan fingerprint density at radius 2 is 1.16 bits per heavy atom. The molecule has 3 heterocycles. The molecule has 0 unspecified atom stereocenters. The Hall–Kier alpha value is -5.69. The number of carbonyl (C=O) groups is 1. The number of aromatic amines is 2. The van der Waals surface area contributed by atoms with E-state index in [1.165, 1.54) is 0 Å². The first-order valence-electron chi connectivity index (χ1n) is 15.7. The van der Waals surface area contributed by atoms with Gasteiger partial charge in [-0.2, -0.15) is 0 Å². The number of fused-ring (bicyclic) bond motifs is 8. The fraction of sp³-hybridized carbons (Fsp3) is 0.216. The van der Waals surface area contributed by atoms with Crippen LogP contribution in [0, 0.1) is 47.0 Å². The van der Waals surface area contributed by atoms with E-state index in [0.717, 1.165) is 38.5 Å². The molecule has 0 saturated carbocycles. The largest absolute Gasteiger partial charge is 0.796 e. The van der Waals surface area contributed by atoms with Crippen LogP contribution in [0.3, 0.4) is 0 Å². The first-order chi connectivity index (χ1) is 24.2. The molecule has 6 nitrogen and oxygen atoms in total. The average molecular weight is 690 g/mol. The van der Waals surface area contributed by atoms with Crippen LogP contribution >= 0.6 is 0 Å². The molecule has 0 spiro atoms. The van der Waals surface area contributed by atoms with Crippen LogP contribution in [0.1, 0.15) is 77.2 Å². The summed E-state index contributed by atoms with van der Waals surface area (Å²) in [5.74, 6) is 2.09. The Balaban J connectivity index is 1.47. The molecule has 2 N–H and O–H groups in total. The van der Waals surface area contributed by atoms with Gasteiger partial charge < -0.3 is 24.1 Å². The number of H-pyrrole nitrogens is 2. The number of hydrogen-bond acceptors (Lipinski definition) is 4. The van der Waals surface area contributed by atoms with E-state index in [4.69, 9.17) is 9.47 Å². The lowest BCUT2D eigenvalue weighted by atomic mass is 10.2. The molecule has 2 aromatic heterocycles. The Kier molecular flexibility index (Phi) is 12.2. The van der Waals surface area contributed by atoms with Gasteiger partial charge in [0, 0.05) is 17.2 Å². The molecule has 4 aromatic rings. The minimum absolute atomic E-state index is 0.266. The van der Waals surface area contributed by atoms with Crippen molar-refractivity contribution >= 4 is 19.0 Å². The second-order valence-corrected chi connectivity index (χ2v) is 11.0. The summed E-state index contributed by atoms with van der Waals surface area (Å²) in [5, 5.41) is 0. The molecular formula is C37H29BF6N2O4. The lowest BCUT2D eigenvalue weighted by Gasteiger charge is -2.06. The molecule has 2 aromatic carbocycles. The highest BCUT2D eigenvalue weighted by Gasteiger charge is 2.29. The number of nitrogens with one attached hydrogen (secondary N) is 2. The van der Waals surface area contributed by atoms with E-state index < -0.39 is 65.1 Å². The molecule has 50 heavy (non-hydrogen) atoms. The number of ketones is 1. The number of allylic oxidation sites excluding steroid dienone is 3. The summed E-state index contributed by atoms with van der Waals surface area (Å²) in [6.07, 6.45) is 9.78. The summed E-state index contributed by atoms with van der Waals surface area (Å²) < 4.78 is 102. The van der Waals surface area contributed by atoms with Crippen LogP contribution in [0.15, 0.2) is 66.8 Å². The second kappa shape index (κ2) is 17.1. The average Bonchev–Trinajstić information content (AvgIpc) is 3.55. The molecule has 1 aliphatic heterocycles. The predicted octanol–water partition coefficient (Wildman–Crippen LogP) is 8.53. The Morgan fingerprint density at radius 3 is 1.68 bits per heavy atom. The van der Waals surface area contributed by atoms with Crippen LogP contribution in [0.4, 0.5) is 26.2 Å². The topological polar surface area (TPSA) is 76.3 Å². The molecule has 1 aliphatic rings. The van der Waals surface area contributed by atoms with Crippen molar-refractivity contribution in [2.24, 2.45) is 0 Å². The van der Waals surface area contributed by atoms with E-state index in [1.807, 2.05) is 0 Å². The highest BCUT2D eigenvalue weighted by atomic mass is 19.2. The third-order valence-corrected chi connectivity index (χ3v) is 7.30. The third-order valence-electron chi connectivity index (χ3n) is 7.30. The first kappa shape index (κ1) is 35.6. The molecule has 13 heteroatoms. The third kappa shape index (κ3) is 9.47. The maximum atomic E-state index is 15.0. The maximum Gasteiger partial charge on any atom is 0.796 e. The van der Waals surface area contributed by atoms with Gasteiger partial charge in [-0.25, -0.2) is 26.2 Å². The second-order valence-electron chi connectivity index (χ2n) is 11.0. The molecular weight excluding hydrogens is 661 g/mol. The summed E-state index contributed by atoms with van der Waals surface area (Å²) in [6.45, 7) is 0.912. The summed E-state index contributed by atoms with van der Waals surface area (Å²) >= 11 is 0. The van der Waals surface area contributed by atoms with Gasteiger partial charge in [-0.15, -0.1) is 0 Å². The number of carbonyl (C=O) groups excluding carboxylic acids is 1. The SMILES string of the molecule is O=C1/C=C(/OB(F)F)c2[nH]c(c(F)c2F)C#Cc2cccc(c2)OCCCC/C=C\CCCCOc2cccc(c2)C#Cc2[nH]c1c(F)c2F. The van der Waals surface area contributed by atoms with Crippen molar-refractivity contribution < 1.29 is 45.1 Å². The standard InChI is InChI=1S/C37H29BF6N2O4/c39-32-28-17-15-24-11-9-13-26(21-24)48-19-7-5-3-1-2-4-6-8-20-49-27-14-10-12-25(22-27)16-18-29-33(40)35(42)37(46-29)31(50-38(43)44)23-30(47)36(45-28)34(32)41/h1-2,9-14,21-23,45-46H,3-8,19-20H2/b2-1-,31-23+. The van der Waals surface area contributed by atoms with Crippen molar-refractivity contribution in [1.82, 2.24) is 9.97 Å². The number of rotatable bonds is 2. The van der Waals surface area contributed by atoms with Crippen molar-refractivity contribution in [2.45, 2.75) is 38.5 Å². The van der Waals surface area contributed by atoms with Crippen LogP contribution in [0.5, 0.6) is 11.5 Å².